The molecule has 0 heterocycles. The topological polar surface area (TPSA) is 17.1 Å². The molecular formula is C13H17F3OS. The molecular weight excluding hydrogens is 261 g/mol. The van der Waals surface area contributed by atoms with E-state index in [4.69, 9.17) is 0 Å². The molecule has 1 aromatic rings. The Kier molecular flexibility index (Phi) is 5.38. The number of rotatable bonds is 5. The zero-order valence-electron chi connectivity index (χ0n) is 10.5. The van der Waals surface area contributed by atoms with Gasteiger partial charge in [-0.2, -0.15) is 13.2 Å². The SMILES string of the molecule is CCC(CC)CS(=O)c1cccc(C(F)(F)F)c1. The van der Waals surface area contributed by atoms with Gasteiger partial charge in [0.1, 0.15) is 0 Å². The molecule has 1 rings (SSSR count). The fraction of sp³-hybridized carbons (Fsp3) is 0.538. The van der Waals surface area contributed by atoms with Crippen molar-refractivity contribution < 1.29 is 17.4 Å². The summed E-state index contributed by atoms with van der Waals surface area (Å²) < 4.78 is 49.6. The first-order valence-electron chi connectivity index (χ1n) is 5.94. The third-order valence-corrected chi connectivity index (χ3v) is 4.52. The summed E-state index contributed by atoms with van der Waals surface area (Å²) in [4.78, 5) is 0.261. The van der Waals surface area contributed by atoms with Gasteiger partial charge in [0, 0.05) is 10.6 Å². The van der Waals surface area contributed by atoms with Gasteiger partial charge < -0.3 is 0 Å². The van der Waals surface area contributed by atoms with Crippen LogP contribution < -0.4 is 0 Å². The molecule has 0 aromatic heterocycles. The number of hydrogen-bond acceptors (Lipinski definition) is 1. The van der Waals surface area contributed by atoms with Crippen LogP contribution in [0.4, 0.5) is 13.2 Å². The monoisotopic (exact) mass is 278 g/mol. The third-order valence-electron chi connectivity index (χ3n) is 2.97. The second-order valence-corrected chi connectivity index (χ2v) is 5.72. The highest BCUT2D eigenvalue weighted by atomic mass is 32.2. The number of benzene rings is 1. The second kappa shape index (κ2) is 6.36. The van der Waals surface area contributed by atoms with Gasteiger partial charge in [-0.05, 0) is 24.1 Å². The Hall–Kier alpha value is -0.840. The Morgan fingerprint density at radius 2 is 1.83 bits per heavy atom. The van der Waals surface area contributed by atoms with Crippen molar-refractivity contribution in [2.24, 2.45) is 5.92 Å². The maximum Gasteiger partial charge on any atom is 0.416 e. The Balaban J connectivity index is 2.87. The molecule has 5 heteroatoms. The molecule has 102 valence electrons. The first-order chi connectivity index (χ1) is 8.38. The molecule has 0 N–H and O–H groups in total. The predicted octanol–water partition coefficient (Wildman–Crippen LogP) is 4.25. The van der Waals surface area contributed by atoms with Crippen molar-refractivity contribution in [3.63, 3.8) is 0 Å². The molecule has 0 fully saturated rings. The fourth-order valence-corrected chi connectivity index (χ4v) is 3.23. The average molecular weight is 278 g/mol. The van der Waals surface area contributed by atoms with Crippen LogP contribution >= 0.6 is 0 Å². The summed E-state index contributed by atoms with van der Waals surface area (Å²) in [5, 5.41) is 0. The minimum absolute atomic E-state index is 0.261. The lowest BCUT2D eigenvalue weighted by molar-refractivity contribution is -0.137. The molecule has 0 aliphatic heterocycles. The van der Waals surface area contributed by atoms with Crippen molar-refractivity contribution in [1.29, 1.82) is 0 Å². The highest BCUT2D eigenvalue weighted by molar-refractivity contribution is 7.85. The summed E-state index contributed by atoms with van der Waals surface area (Å²) in [7, 11) is -1.36. The second-order valence-electron chi connectivity index (χ2n) is 4.22. The van der Waals surface area contributed by atoms with Crippen LogP contribution in [-0.4, -0.2) is 9.96 Å². The van der Waals surface area contributed by atoms with E-state index in [9.17, 15) is 17.4 Å². The van der Waals surface area contributed by atoms with Crippen molar-refractivity contribution in [3.8, 4) is 0 Å². The lowest BCUT2D eigenvalue weighted by Crippen LogP contribution is -2.11. The molecule has 1 atom stereocenters. The molecule has 0 aliphatic rings. The molecule has 0 saturated carbocycles. The molecule has 0 radical (unpaired) electrons. The van der Waals surface area contributed by atoms with Crippen LogP contribution in [0.25, 0.3) is 0 Å². The zero-order valence-corrected chi connectivity index (χ0v) is 11.3. The molecule has 1 nitrogen and oxygen atoms in total. The Bertz CT molecular complexity index is 411. The molecule has 18 heavy (non-hydrogen) atoms. The van der Waals surface area contributed by atoms with Gasteiger partial charge in [0.15, 0.2) is 0 Å². The van der Waals surface area contributed by atoms with E-state index in [1.807, 2.05) is 13.8 Å². The normalized spacial score (nSPS) is 13.9. The molecule has 1 unspecified atom stereocenters. The number of alkyl halides is 3. The first kappa shape index (κ1) is 15.2. The molecule has 1 aromatic carbocycles. The predicted molar refractivity (Wildman–Crippen MR) is 66.8 cm³/mol. The van der Waals surface area contributed by atoms with E-state index in [2.05, 4.69) is 0 Å². The lowest BCUT2D eigenvalue weighted by atomic mass is 10.1. The number of hydrogen-bond donors (Lipinski definition) is 0. The highest BCUT2D eigenvalue weighted by Gasteiger charge is 2.30. The van der Waals surface area contributed by atoms with Crippen LogP contribution in [0.5, 0.6) is 0 Å². The Morgan fingerprint density at radius 1 is 1.22 bits per heavy atom. The quantitative estimate of drug-likeness (QED) is 0.787. The van der Waals surface area contributed by atoms with Gasteiger partial charge in [0.2, 0.25) is 0 Å². The summed E-state index contributed by atoms with van der Waals surface area (Å²) >= 11 is 0. The van der Waals surface area contributed by atoms with Crippen LogP contribution in [0.15, 0.2) is 29.2 Å². The summed E-state index contributed by atoms with van der Waals surface area (Å²) in [6.45, 7) is 4.00. The van der Waals surface area contributed by atoms with Crippen LogP contribution in [0, 0.1) is 5.92 Å². The van der Waals surface area contributed by atoms with Gasteiger partial charge in [0.25, 0.3) is 0 Å². The summed E-state index contributed by atoms with van der Waals surface area (Å²) in [6.07, 6.45) is -2.60. The lowest BCUT2D eigenvalue weighted by Gasteiger charge is -2.13. The maximum absolute atomic E-state index is 12.5. The first-order valence-corrected chi connectivity index (χ1v) is 7.26. The smallest absolute Gasteiger partial charge is 0.254 e. The van der Waals surface area contributed by atoms with E-state index in [0.29, 0.717) is 11.7 Å². The van der Waals surface area contributed by atoms with Crippen LogP contribution in [0.1, 0.15) is 32.3 Å². The zero-order chi connectivity index (χ0) is 13.8. The Labute approximate surface area is 108 Å². The molecule has 0 aliphatic carbocycles. The number of halogens is 3. The minimum Gasteiger partial charge on any atom is -0.254 e. The molecule has 0 spiro atoms. The van der Waals surface area contributed by atoms with Gasteiger partial charge in [-0.15, -0.1) is 0 Å². The third kappa shape index (κ3) is 4.12. The van der Waals surface area contributed by atoms with E-state index in [1.165, 1.54) is 12.1 Å². The van der Waals surface area contributed by atoms with Crippen molar-refractivity contribution >= 4 is 10.8 Å². The maximum atomic E-state index is 12.5. The van der Waals surface area contributed by atoms with E-state index in [1.54, 1.807) is 0 Å². The molecule has 0 bridgehead atoms. The minimum atomic E-state index is -4.38. The Morgan fingerprint density at radius 3 is 2.33 bits per heavy atom. The van der Waals surface area contributed by atoms with Crippen LogP contribution in [0.2, 0.25) is 0 Å². The van der Waals surface area contributed by atoms with Crippen molar-refractivity contribution in [2.45, 2.75) is 37.8 Å². The van der Waals surface area contributed by atoms with Crippen molar-refractivity contribution in [1.82, 2.24) is 0 Å². The molecule has 0 amide bonds. The van der Waals surface area contributed by atoms with Gasteiger partial charge in [-0.3, -0.25) is 4.21 Å². The summed E-state index contributed by atoms with van der Waals surface area (Å²) in [5.74, 6) is 0.717. The van der Waals surface area contributed by atoms with Crippen LogP contribution in [-0.2, 0) is 17.0 Å². The van der Waals surface area contributed by atoms with Gasteiger partial charge in [-0.25, -0.2) is 0 Å². The van der Waals surface area contributed by atoms with Gasteiger partial charge in [-0.1, -0.05) is 32.8 Å². The van der Waals surface area contributed by atoms with E-state index < -0.39 is 22.5 Å². The average Bonchev–Trinajstić information content (AvgIpc) is 2.34. The van der Waals surface area contributed by atoms with Crippen molar-refractivity contribution in [3.05, 3.63) is 29.8 Å². The fourth-order valence-electron chi connectivity index (χ4n) is 1.65. The van der Waals surface area contributed by atoms with Gasteiger partial charge >= 0.3 is 6.18 Å². The summed E-state index contributed by atoms with van der Waals surface area (Å²) in [5.41, 5.74) is -0.738. The highest BCUT2D eigenvalue weighted by Crippen LogP contribution is 2.30. The van der Waals surface area contributed by atoms with E-state index in [-0.39, 0.29) is 4.90 Å². The summed E-state index contributed by atoms with van der Waals surface area (Å²) in [6, 6.07) is 4.78. The van der Waals surface area contributed by atoms with Gasteiger partial charge in [0.05, 0.1) is 16.4 Å². The standard InChI is InChI=1S/C13H17F3OS/c1-3-10(4-2)9-18(17)12-7-5-6-11(8-12)13(14,15)16/h5-8,10H,3-4,9H2,1-2H3. The van der Waals surface area contributed by atoms with Crippen LogP contribution in [0.3, 0.4) is 0 Å². The molecule has 0 saturated heterocycles. The largest absolute Gasteiger partial charge is 0.416 e. The van der Waals surface area contributed by atoms with Crippen molar-refractivity contribution in [2.75, 3.05) is 5.75 Å². The van der Waals surface area contributed by atoms with E-state index in [0.717, 1.165) is 25.0 Å². The van der Waals surface area contributed by atoms with E-state index >= 15 is 0 Å².